The Hall–Kier alpha value is -0.810. The minimum atomic E-state index is -0.296. The molecule has 1 fully saturated rings. The lowest BCUT2D eigenvalue weighted by Gasteiger charge is -2.31. The van der Waals surface area contributed by atoms with Gasteiger partial charge in [-0.25, -0.2) is 0 Å². The van der Waals surface area contributed by atoms with E-state index in [0.29, 0.717) is 5.92 Å². The average Bonchev–Trinajstić information content (AvgIpc) is 2.36. The molecule has 0 aromatic carbocycles. The third kappa shape index (κ3) is 5.69. The van der Waals surface area contributed by atoms with Gasteiger partial charge in [0.2, 0.25) is 11.8 Å². The molecule has 1 aliphatic rings. The van der Waals surface area contributed by atoms with Gasteiger partial charge in [-0.1, -0.05) is 26.2 Å². The van der Waals surface area contributed by atoms with Gasteiger partial charge >= 0.3 is 0 Å². The minimum Gasteiger partial charge on any atom is -0.352 e. The third-order valence-corrected chi connectivity index (χ3v) is 3.41. The molecule has 0 aliphatic heterocycles. The summed E-state index contributed by atoms with van der Waals surface area (Å²) in [6.07, 6.45) is 5.77. The predicted octanol–water partition coefficient (Wildman–Crippen LogP) is 0.568. The Morgan fingerprint density at radius 3 is 2.50 bits per heavy atom. The summed E-state index contributed by atoms with van der Waals surface area (Å²) in [6, 6.07) is 0.274. The van der Waals surface area contributed by atoms with E-state index in [1.165, 1.54) is 19.3 Å². The molecule has 5 nitrogen and oxygen atoms in total. The van der Waals surface area contributed by atoms with Gasteiger partial charge in [0.15, 0.2) is 0 Å². The number of nitrogens with two attached hydrogens (primary N) is 1. The van der Waals surface area contributed by atoms with Crippen LogP contribution < -0.4 is 16.4 Å². The number of hydrogen-bond acceptors (Lipinski definition) is 3. The van der Waals surface area contributed by atoms with Gasteiger partial charge in [0.25, 0.3) is 0 Å². The lowest BCUT2D eigenvalue weighted by Crippen LogP contribution is -2.46. The molecule has 4 N–H and O–H groups in total. The fourth-order valence-corrected chi connectivity index (χ4v) is 2.40. The van der Waals surface area contributed by atoms with E-state index in [2.05, 4.69) is 17.6 Å². The van der Waals surface area contributed by atoms with Crippen molar-refractivity contribution < 1.29 is 9.59 Å². The van der Waals surface area contributed by atoms with E-state index in [4.69, 9.17) is 5.73 Å². The molecule has 0 radical (unpaired) electrons. The fraction of sp³-hybridized carbons (Fsp3) is 0.833. The highest BCUT2D eigenvalue weighted by atomic mass is 35.5. The van der Waals surface area contributed by atoms with Crippen molar-refractivity contribution in [1.82, 2.24) is 10.6 Å². The van der Waals surface area contributed by atoms with Crippen molar-refractivity contribution in [3.8, 4) is 0 Å². The molecular weight excluding hydrogens is 254 g/mol. The number of nitrogens with one attached hydrogen (secondary N) is 2. The van der Waals surface area contributed by atoms with Crippen LogP contribution in [-0.4, -0.2) is 30.9 Å². The molecule has 1 saturated carbocycles. The summed E-state index contributed by atoms with van der Waals surface area (Å²) in [4.78, 5) is 22.5. The van der Waals surface area contributed by atoms with Gasteiger partial charge < -0.3 is 16.4 Å². The first-order chi connectivity index (χ1) is 8.17. The summed E-state index contributed by atoms with van der Waals surface area (Å²) in [5, 5.41) is 5.48. The molecule has 0 aromatic rings. The van der Waals surface area contributed by atoms with Crippen LogP contribution in [-0.2, 0) is 9.59 Å². The number of halogens is 1. The first-order valence-electron chi connectivity index (χ1n) is 6.43. The van der Waals surface area contributed by atoms with Crippen LogP contribution in [0, 0.1) is 5.92 Å². The molecule has 106 valence electrons. The van der Waals surface area contributed by atoms with Crippen molar-refractivity contribution in [2.75, 3.05) is 13.1 Å². The number of carbonyl (C=O) groups excluding carboxylic acids is 2. The topological polar surface area (TPSA) is 84.2 Å². The van der Waals surface area contributed by atoms with E-state index in [9.17, 15) is 9.59 Å². The zero-order chi connectivity index (χ0) is 12.7. The molecule has 6 heteroatoms. The summed E-state index contributed by atoms with van der Waals surface area (Å²) in [7, 11) is 0. The van der Waals surface area contributed by atoms with Crippen molar-refractivity contribution in [1.29, 1.82) is 0 Å². The zero-order valence-corrected chi connectivity index (χ0v) is 11.7. The van der Waals surface area contributed by atoms with E-state index >= 15 is 0 Å². The normalized spacial score (nSPS) is 22.8. The van der Waals surface area contributed by atoms with E-state index < -0.39 is 0 Å². The Balaban J connectivity index is 0.00000289. The molecule has 0 saturated heterocycles. The molecule has 2 amide bonds. The lowest BCUT2D eigenvalue weighted by atomic mass is 9.83. The molecule has 0 bridgehead atoms. The first-order valence-corrected chi connectivity index (χ1v) is 6.43. The van der Waals surface area contributed by atoms with Crippen LogP contribution in [0.25, 0.3) is 0 Å². The Morgan fingerprint density at radius 2 is 1.89 bits per heavy atom. The maximum Gasteiger partial charge on any atom is 0.239 e. The first kappa shape index (κ1) is 17.2. The van der Waals surface area contributed by atoms with Gasteiger partial charge in [0.1, 0.15) is 0 Å². The molecule has 0 heterocycles. The number of rotatable bonds is 5. The van der Waals surface area contributed by atoms with Crippen molar-refractivity contribution in [2.45, 2.75) is 45.1 Å². The molecule has 0 spiro atoms. The molecule has 0 aromatic heterocycles. The molecule has 18 heavy (non-hydrogen) atoms. The van der Waals surface area contributed by atoms with Gasteiger partial charge in [-0.3, -0.25) is 9.59 Å². The average molecular weight is 278 g/mol. The highest BCUT2D eigenvalue weighted by Crippen LogP contribution is 2.26. The van der Waals surface area contributed by atoms with Gasteiger partial charge in [-0.15, -0.1) is 12.4 Å². The lowest BCUT2D eigenvalue weighted by molar-refractivity contribution is -0.126. The predicted molar refractivity (Wildman–Crippen MR) is 73.5 cm³/mol. The minimum absolute atomic E-state index is 0. The summed E-state index contributed by atoms with van der Waals surface area (Å²) in [6.45, 7) is 2.11. The second-order valence-electron chi connectivity index (χ2n) is 4.61. The van der Waals surface area contributed by atoms with Gasteiger partial charge in [-0.2, -0.15) is 0 Å². The quantitative estimate of drug-likeness (QED) is 0.687. The number of amides is 2. The van der Waals surface area contributed by atoms with Crippen LogP contribution in [0.5, 0.6) is 0 Å². The van der Waals surface area contributed by atoms with Gasteiger partial charge in [0, 0.05) is 6.04 Å². The fourth-order valence-electron chi connectivity index (χ4n) is 2.40. The second kappa shape index (κ2) is 9.16. The third-order valence-electron chi connectivity index (χ3n) is 3.41. The smallest absolute Gasteiger partial charge is 0.239 e. The molecule has 2 unspecified atom stereocenters. The Bertz CT molecular complexity index is 274. The molecular formula is C12H24ClN3O2. The Kier molecular flexibility index (Phi) is 8.75. The van der Waals surface area contributed by atoms with Crippen molar-refractivity contribution >= 4 is 24.2 Å². The number of hydrogen-bond donors (Lipinski definition) is 3. The van der Waals surface area contributed by atoms with Crippen molar-refractivity contribution in [3.05, 3.63) is 0 Å². The Morgan fingerprint density at radius 1 is 1.22 bits per heavy atom. The summed E-state index contributed by atoms with van der Waals surface area (Å²) >= 11 is 0. The maximum atomic E-state index is 11.6. The molecule has 1 rings (SSSR count). The van der Waals surface area contributed by atoms with Crippen LogP contribution >= 0.6 is 12.4 Å². The van der Waals surface area contributed by atoms with Crippen LogP contribution in [0.2, 0.25) is 0 Å². The van der Waals surface area contributed by atoms with E-state index in [1.807, 2.05) is 0 Å². The highest BCUT2D eigenvalue weighted by Gasteiger charge is 2.24. The SMILES string of the molecule is CCC1CCCCC1NC(=O)CNC(=O)CN.Cl. The van der Waals surface area contributed by atoms with Crippen LogP contribution in [0.1, 0.15) is 39.0 Å². The monoisotopic (exact) mass is 277 g/mol. The summed E-state index contributed by atoms with van der Waals surface area (Å²) in [5.41, 5.74) is 5.14. The molecule has 2 atom stereocenters. The van der Waals surface area contributed by atoms with Crippen LogP contribution in [0.3, 0.4) is 0 Å². The Labute approximate surface area is 115 Å². The van der Waals surface area contributed by atoms with Gasteiger partial charge in [0.05, 0.1) is 13.1 Å². The van der Waals surface area contributed by atoms with Crippen LogP contribution in [0.4, 0.5) is 0 Å². The number of carbonyl (C=O) groups is 2. The van der Waals surface area contributed by atoms with E-state index in [-0.39, 0.29) is 43.4 Å². The molecule has 1 aliphatic carbocycles. The highest BCUT2D eigenvalue weighted by molar-refractivity contribution is 5.85. The van der Waals surface area contributed by atoms with E-state index in [0.717, 1.165) is 12.8 Å². The van der Waals surface area contributed by atoms with Gasteiger partial charge in [-0.05, 0) is 18.8 Å². The van der Waals surface area contributed by atoms with Crippen molar-refractivity contribution in [2.24, 2.45) is 11.7 Å². The summed E-state index contributed by atoms with van der Waals surface area (Å²) in [5.74, 6) is 0.172. The van der Waals surface area contributed by atoms with Crippen molar-refractivity contribution in [3.63, 3.8) is 0 Å². The summed E-state index contributed by atoms with van der Waals surface area (Å²) < 4.78 is 0. The second-order valence-corrected chi connectivity index (χ2v) is 4.61. The van der Waals surface area contributed by atoms with Crippen LogP contribution in [0.15, 0.2) is 0 Å². The van der Waals surface area contributed by atoms with E-state index in [1.54, 1.807) is 0 Å². The largest absolute Gasteiger partial charge is 0.352 e. The maximum absolute atomic E-state index is 11.6. The zero-order valence-electron chi connectivity index (χ0n) is 10.9. The standard InChI is InChI=1S/C12H23N3O2.ClH/c1-2-9-5-3-4-6-10(9)15-12(17)8-14-11(16)7-13;/h9-10H,2-8,13H2,1H3,(H,14,16)(H,15,17);1H.